The lowest BCUT2D eigenvalue weighted by Gasteiger charge is -2.06. The standard InChI is InChI=1S/C9H12FNO2S/c10-6-1-7(11)3-9(2-6)14-5-8(13)4-12/h1-3,8,12-13H,4-5,11H2. The summed E-state index contributed by atoms with van der Waals surface area (Å²) in [6, 6.07) is 4.19. The molecule has 0 aliphatic carbocycles. The van der Waals surface area contributed by atoms with Crippen LogP contribution in [0.15, 0.2) is 23.1 Å². The van der Waals surface area contributed by atoms with Crippen molar-refractivity contribution in [3.05, 3.63) is 24.0 Å². The van der Waals surface area contributed by atoms with Crippen LogP contribution < -0.4 is 5.73 Å². The normalized spacial score (nSPS) is 12.8. The molecule has 78 valence electrons. The number of benzene rings is 1. The first-order valence-corrected chi connectivity index (χ1v) is 5.08. The smallest absolute Gasteiger partial charge is 0.126 e. The summed E-state index contributed by atoms with van der Waals surface area (Å²) in [5, 5.41) is 17.6. The molecule has 1 atom stereocenters. The van der Waals surface area contributed by atoms with Crippen LogP contribution in [0.2, 0.25) is 0 Å². The van der Waals surface area contributed by atoms with E-state index < -0.39 is 11.9 Å². The molecule has 0 fully saturated rings. The van der Waals surface area contributed by atoms with E-state index in [4.69, 9.17) is 15.9 Å². The Labute approximate surface area is 85.7 Å². The van der Waals surface area contributed by atoms with E-state index in [-0.39, 0.29) is 6.61 Å². The molecule has 0 aliphatic rings. The number of anilines is 1. The molecule has 4 N–H and O–H groups in total. The van der Waals surface area contributed by atoms with Crippen LogP contribution in [0.5, 0.6) is 0 Å². The highest BCUT2D eigenvalue weighted by atomic mass is 32.2. The lowest BCUT2D eigenvalue weighted by Crippen LogP contribution is -2.14. The van der Waals surface area contributed by atoms with Gasteiger partial charge in [-0.25, -0.2) is 4.39 Å². The van der Waals surface area contributed by atoms with Crippen molar-refractivity contribution in [1.82, 2.24) is 0 Å². The number of aliphatic hydroxyl groups is 2. The Hall–Kier alpha value is -0.780. The Morgan fingerprint density at radius 3 is 2.71 bits per heavy atom. The Kier molecular flexibility index (Phi) is 4.19. The van der Waals surface area contributed by atoms with Crippen molar-refractivity contribution in [1.29, 1.82) is 0 Å². The molecule has 0 saturated heterocycles. The van der Waals surface area contributed by atoms with Gasteiger partial charge in [-0.15, -0.1) is 11.8 Å². The maximum atomic E-state index is 12.8. The number of hydrogen-bond acceptors (Lipinski definition) is 4. The molecule has 14 heavy (non-hydrogen) atoms. The molecule has 1 rings (SSSR count). The fraction of sp³-hybridized carbons (Fsp3) is 0.333. The van der Waals surface area contributed by atoms with Crippen molar-refractivity contribution < 1.29 is 14.6 Å². The van der Waals surface area contributed by atoms with Crippen LogP contribution in [0, 0.1) is 5.82 Å². The summed E-state index contributed by atoms with van der Waals surface area (Å²) in [5.41, 5.74) is 5.79. The Balaban J connectivity index is 2.58. The SMILES string of the molecule is Nc1cc(F)cc(SCC(O)CO)c1. The van der Waals surface area contributed by atoms with Crippen LogP contribution in [0.25, 0.3) is 0 Å². The Bertz CT molecular complexity index is 289. The molecule has 1 unspecified atom stereocenters. The summed E-state index contributed by atoms with van der Waals surface area (Å²) in [4.78, 5) is 0.648. The maximum absolute atomic E-state index is 12.8. The quantitative estimate of drug-likeness (QED) is 0.517. The van der Waals surface area contributed by atoms with E-state index in [2.05, 4.69) is 0 Å². The summed E-state index contributed by atoms with van der Waals surface area (Å²) in [7, 11) is 0. The summed E-state index contributed by atoms with van der Waals surface area (Å²) >= 11 is 1.25. The topological polar surface area (TPSA) is 66.5 Å². The number of rotatable bonds is 4. The van der Waals surface area contributed by atoms with E-state index >= 15 is 0 Å². The molecule has 3 nitrogen and oxygen atoms in total. The van der Waals surface area contributed by atoms with Crippen LogP contribution >= 0.6 is 11.8 Å². The molecule has 1 aromatic carbocycles. The van der Waals surface area contributed by atoms with Crippen LogP contribution in [0.4, 0.5) is 10.1 Å². The molecular formula is C9H12FNO2S. The van der Waals surface area contributed by atoms with E-state index in [0.717, 1.165) is 0 Å². The summed E-state index contributed by atoms with van der Waals surface area (Å²) in [6.45, 7) is -0.294. The fourth-order valence-electron chi connectivity index (χ4n) is 0.913. The van der Waals surface area contributed by atoms with Gasteiger partial charge in [-0.1, -0.05) is 0 Å². The minimum absolute atomic E-state index is 0.294. The van der Waals surface area contributed by atoms with Crippen molar-refractivity contribution in [3.63, 3.8) is 0 Å². The molecule has 0 spiro atoms. The number of nitrogens with two attached hydrogens (primary N) is 1. The van der Waals surface area contributed by atoms with Gasteiger partial charge in [0.15, 0.2) is 0 Å². The van der Waals surface area contributed by atoms with Gasteiger partial charge in [-0.3, -0.25) is 0 Å². The number of nitrogen functional groups attached to an aromatic ring is 1. The third kappa shape index (κ3) is 3.53. The zero-order valence-corrected chi connectivity index (χ0v) is 8.30. The van der Waals surface area contributed by atoms with E-state index in [1.165, 1.54) is 23.9 Å². The van der Waals surface area contributed by atoms with Crippen molar-refractivity contribution in [2.24, 2.45) is 0 Å². The van der Waals surface area contributed by atoms with Gasteiger partial charge in [0.1, 0.15) is 5.82 Å². The second-order valence-electron chi connectivity index (χ2n) is 2.87. The van der Waals surface area contributed by atoms with Gasteiger partial charge in [0.05, 0.1) is 12.7 Å². The Morgan fingerprint density at radius 2 is 2.14 bits per heavy atom. The number of aliphatic hydroxyl groups excluding tert-OH is 2. The third-order valence-electron chi connectivity index (χ3n) is 1.55. The predicted molar refractivity (Wildman–Crippen MR) is 54.6 cm³/mol. The van der Waals surface area contributed by atoms with Gasteiger partial charge in [-0.05, 0) is 18.2 Å². The molecule has 5 heteroatoms. The van der Waals surface area contributed by atoms with Gasteiger partial charge >= 0.3 is 0 Å². The maximum Gasteiger partial charge on any atom is 0.126 e. The highest BCUT2D eigenvalue weighted by molar-refractivity contribution is 7.99. The Morgan fingerprint density at radius 1 is 1.43 bits per heavy atom. The predicted octanol–water partition coefficient (Wildman–Crippen LogP) is 0.853. The van der Waals surface area contributed by atoms with Crippen molar-refractivity contribution in [2.45, 2.75) is 11.0 Å². The summed E-state index contributed by atoms with van der Waals surface area (Å²) in [6.07, 6.45) is -0.788. The second-order valence-corrected chi connectivity index (χ2v) is 3.96. The van der Waals surface area contributed by atoms with Gasteiger partial charge in [0.2, 0.25) is 0 Å². The third-order valence-corrected chi connectivity index (χ3v) is 2.67. The lowest BCUT2D eigenvalue weighted by atomic mass is 10.3. The molecule has 0 amide bonds. The average molecular weight is 217 g/mol. The molecule has 1 aromatic rings. The molecule has 0 radical (unpaired) electrons. The minimum atomic E-state index is -0.788. The molecule has 0 aromatic heterocycles. The zero-order chi connectivity index (χ0) is 10.6. The van der Waals surface area contributed by atoms with Gasteiger partial charge in [0, 0.05) is 16.3 Å². The average Bonchev–Trinajstić information content (AvgIpc) is 2.12. The number of thioether (sulfide) groups is 1. The number of halogens is 1. The first kappa shape index (κ1) is 11.3. The highest BCUT2D eigenvalue weighted by Gasteiger charge is 2.04. The first-order valence-electron chi connectivity index (χ1n) is 4.09. The van der Waals surface area contributed by atoms with Crippen molar-refractivity contribution >= 4 is 17.4 Å². The summed E-state index contributed by atoms with van der Waals surface area (Å²) < 4.78 is 12.8. The molecule has 0 heterocycles. The van der Waals surface area contributed by atoms with Crippen LogP contribution in [-0.2, 0) is 0 Å². The summed E-state index contributed by atoms with van der Waals surface area (Å²) in [5.74, 6) is -0.0784. The fourth-order valence-corrected chi connectivity index (χ4v) is 1.82. The van der Waals surface area contributed by atoms with Crippen LogP contribution in [-0.4, -0.2) is 28.7 Å². The minimum Gasteiger partial charge on any atom is -0.399 e. The monoisotopic (exact) mass is 217 g/mol. The van der Waals surface area contributed by atoms with Crippen LogP contribution in [0.3, 0.4) is 0 Å². The zero-order valence-electron chi connectivity index (χ0n) is 7.48. The highest BCUT2D eigenvalue weighted by Crippen LogP contribution is 2.22. The molecular weight excluding hydrogens is 205 g/mol. The lowest BCUT2D eigenvalue weighted by molar-refractivity contribution is 0.113. The second kappa shape index (κ2) is 5.19. The van der Waals surface area contributed by atoms with E-state index in [1.807, 2.05) is 0 Å². The van der Waals surface area contributed by atoms with E-state index in [9.17, 15) is 4.39 Å². The molecule has 0 aliphatic heterocycles. The van der Waals surface area contributed by atoms with Gasteiger partial charge in [-0.2, -0.15) is 0 Å². The van der Waals surface area contributed by atoms with Crippen LogP contribution in [0.1, 0.15) is 0 Å². The first-order chi connectivity index (χ1) is 6.61. The van der Waals surface area contributed by atoms with Crippen molar-refractivity contribution in [2.75, 3.05) is 18.1 Å². The van der Waals surface area contributed by atoms with E-state index in [0.29, 0.717) is 16.3 Å². The largest absolute Gasteiger partial charge is 0.399 e. The van der Waals surface area contributed by atoms with Gasteiger partial charge < -0.3 is 15.9 Å². The van der Waals surface area contributed by atoms with E-state index in [1.54, 1.807) is 6.07 Å². The number of hydrogen-bond donors (Lipinski definition) is 3. The van der Waals surface area contributed by atoms with Gasteiger partial charge in [0.25, 0.3) is 0 Å². The molecule has 0 saturated carbocycles. The molecule has 0 bridgehead atoms. The van der Waals surface area contributed by atoms with Crippen molar-refractivity contribution in [3.8, 4) is 0 Å².